The number of carbonyl (C=O) groups is 1. The minimum atomic E-state index is -0.297. The van der Waals surface area contributed by atoms with E-state index in [-0.39, 0.29) is 18.1 Å². The van der Waals surface area contributed by atoms with Gasteiger partial charge in [-0.1, -0.05) is 13.3 Å². The molecule has 0 aliphatic carbocycles. The van der Waals surface area contributed by atoms with Crippen LogP contribution in [0.1, 0.15) is 39.5 Å². The van der Waals surface area contributed by atoms with Crippen molar-refractivity contribution >= 4 is 5.91 Å². The van der Waals surface area contributed by atoms with E-state index in [1.165, 1.54) is 0 Å². The lowest BCUT2D eigenvalue weighted by atomic mass is 9.96. The Hall–Kier alpha value is -0.610. The Kier molecular flexibility index (Phi) is 5.77. The highest BCUT2D eigenvalue weighted by atomic mass is 16.3. The number of likely N-dealkylation sites (N-methyl/N-ethyl adjacent to an activating group) is 1. The summed E-state index contributed by atoms with van der Waals surface area (Å²) in [7, 11) is 0. The molecule has 1 fully saturated rings. The maximum atomic E-state index is 11.5. The molecule has 0 aromatic rings. The molecular formula is C12H24N2O2. The number of rotatable bonds is 5. The normalized spacial score (nSPS) is 24.1. The Labute approximate surface area is 98.0 Å². The molecule has 1 aliphatic heterocycles. The van der Waals surface area contributed by atoms with Crippen LogP contribution in [0.3, 0.4) is 0 Å². The molecule has 4 heteroatoms. The van der Waals surface area contributed by atoms with E-state index in [0.29, 0.717) is 13.1 Å². The van der Waals surface area contributed by atoms with Crippen molar-refractivity contribution in [3.05, 3.63) is 0 Å². The molecule has 1 aliphatic rings. The maximum absolute atomic E-state index is 11.5. The van der Waals surface area contributed by atoms with Gasteiger partial charge in [-0.2, -0.15) is 0 Å². The second-order valence-electron chi connectivity index (χ2n) is 4.46. The van der Waals surface area contributed by atoms with Crippen molar-refractivity contribution in [2.45, 2.75) is 51.7 Å². The summed E-state index contributed by atoms with van der Waals surface area (Å²) in [5.41, 5.74) is 0. The Balaban J connectivity index is 2.49. The predicted octanol–water partition coefficient (Wildman–Crippen LogP) is 0.748. The minimum Gasteiger partial charge on any atom is -0.392 e. The van der Waals surface area contributed by atoms with Crippen molar-refractivity contribution in [3.8, 4) is 0 Å². The van der Waals surface area contributed by atoms with E-state index < -0.39 is 0 Å². The van der Waals surface area contributed by atoms with Crippen LogP contribution in [0.2, 0.25) is 0 Å². The third-order valence-corrected chi connectivity index (χ3v) is 3.25. The monoisotopic (exact) mass is 228 g/mol. The van der Waals surface area contributed by atoms with E-state index in [1.54, 1.807) is 0 Å². The summed E-state index contributed by atoms with van der Waals surface area (Å²) in [5, 5.41) is 12.7. The molecule has 0 aromatic heterocycles. The maximum Gasteiger partial charge on any atom is 0.234 e. The van der Waals surface area contributed by atoms with Crippen LogP contribution in [0.5, 0.6) is 0 Å². The minimum absolute atomic E-state index is 0.0673. The van der Waals surface area contributed by atoms with Gasteiger partial charge in [0.25, 0.3) is 0 Å². The number of aliphatic hydroxyl groups is 1. The number of aliphatic hydroxyl groups excluding tert-OH is 1. The second kappa shape index (κ2) is 6.86. The van der Waals surface area contributed by atoms with Crippen LogP contribution < -0.4 is 5.32 Å². The number of hydrogen-bond donors (Lipinski definition) is 2. The third-order valence-electron chi connectivity index (χ3n) is 3.25. The highest BCUT2D eigenvalue weighted by molar-refractivity contribution is 5.78. The third kappa shape index (κ3) is 3.76. The Morgan fingerprint density at radius 1 is 1.50 bits per heavy atom. The summed E-state index contributed by atoms with van der Waals surface area (Å²) >= 11 is 0. The van der Waals surface area contributed by atoms with E-state index in [9.17, 15) is 9.90 Å². The molecule has 2 unspecified atom stereocenters. The molecule has 0 radical (unpaired) electrons. The van der Waals surface area contributed by atoms with Gasteiger partial charge in [-0.15, -0.1) is 0 Å². The molecular weight excluding hydrogens is 204 g/mol. The lowest BCUT2D eigenvalue weighted by Crippen LogP contribution is -2.50. The molecule has 16 heavy (non-hydrogen) atoms. The van der Waals surface area contributed by atoms with Gasteiger partial charge in [-0.3, -0.25) is 9.69 Å². The Morgan fingerprint density at radius 3 is 2.88 bits per heavy atom. The Morgan fingerprint density at radius 2 is 2.25 bits per heavy atom. The first-order valence-corrected chi connectivity index (χ1v) is 6.37. The van der Waals surface area contributed by atoms with Crippen molar-refractivity contribution in [3.63, 3.8) is 0 Å². The molecule has 2 atom stereocenters. The van der Waals surface area contributed by atoms with Crippen LogP contribution in [0.4, 0.5) is 0 Å². The van der Waals surface area contributed by atoms with Crippen LogP contribution >= 0.6 is 0 Å². The average Bonchev–Trinajstić information content (AvgIpc) is 2.29. The molecule has 1 saturated heterocycles. The van der Waals surface area contributed by atoms with Crippen LogP contribution in [-0.4, -0.2) is 47.7 Å². The van der Waals surface area contributed by atoms with Gasteiger partial charge in [0, 0.05) is 12.6 Å². The number of piperidine rings is 1. The molecule has 0 bridgehead atoms. The predicted molar refractivity (Wildman–Crippen MR) is 64.2 cm³/mol. The first kappa shape index (κ1) is 13.5. The van der Waals surface area contributed by atoms with Crippen LogP contribution in [0, 0.1) is 0 Å². The second-order valence-corrected chi connectivity index (χ2v) is 4.46. The fraction of sp³-hybridized carbons (Fsp3) is 0.917. The zero-order valence-electron chi connectivity index (χ0n) is 10.4. The first-order valence-electron chi connectivity index (χ1n) is 6.37. The fourth-order valence-electron chi connectivity index (χ4n) is 2.36. The summed E-state index contributed by atoms with van der Waals surface area (Å²) < 4.78 is 0. The highest BCUT2D eigenvalue weighted by Crippen LogP contribution is 2.20. The summed E-state index contributed by atoms with van der Waals surface area (Å²) in [6, 6.07) is 0.168. The zero-order valence-corrected chi connectivity index (χ0v) is 10.4. The Bertz CT molecular complexity index is 221. The van der Waals surface area contributed by atoms with Crippen LogP contribution in [0.25, 0.3) is 0 Å². The van der Waals surface area contributed by atoms with Crippen molar-refractivity contribution in [2.24, 2.45) is 0 Å². The van der Waals surface area contributed by atoms with E-state index in [4.69, 9.17) is 0 Å². The lowest BCUT2D eigenvalue weighted by molar-refractivity contribution is -0.123. The van der Waals surface area contributed by atoms with Crippen LogP contribution in [-0.2, 0) is 4.79 Å². The molecule has 0 spiro atoms. The first-order chi connectivity index (χ1) is 7.69. The van der Waals surface area contributed by atoms with E-state index in [0.717, 1.165) is 32.2 Å². The summed E-state index contributed by atoms with van der Waals surface area (Å²) in [6.45, 7) is 5.94. The summed E-state index contributed by atoms with van der Waals surface area (Å²) in [6.07, 6.45) is 3.76. The van der Waals surface area contributed by atoms with Crippen molar-refractivity contribution < 1.29 is 9.90 Å². The molecule has 1 rings (SSSR count). The van der Waals surface area contributed by atoms with Gasteiger partial charge in [-0.05, 0) is 32.7 Å². The number of amides is 1. The number of nitrogens with zero attached hydrogens (tertiary/aromatic N) is 1. The van der Waals surface area contributed by atoms with E-state index in [2.05, 4.69) is 10.2 Å². The largest absolute Gasteiger partial charge is 0.392 e. The zero-order chi connectivity index (χ0) is 12.0. The van der Waals surface area contributed by atoms with Gasteiger partial charge in [0.05, 0.1) is 12.6 Å². The molecule has 4 nitrogen and oxygen atoms in total. The topological polar surface area (TPSA) is 52.6 Å². The molecule has 0 aromatic carbocycles. The van der Waals surface area contributed by atoms with Crippen molar-refractivity contribution in [2.75, 3.05) is 19.6 Å². The fourth-order valence-corrected chi connectivity index (χ4v) is 2.36. The lowest BCUT2D eigenvalue weighted by Gasteiger charge is -2.37. The number of nitrogens with one attached hydrogen (secondary N) is 1. The number of carbonyl (C=O) groups excluding carboxylic acids is 1. The van der Waals surface area contributed by atoms with E-state index in [1.807, 2.05) is 13.8 Å². The molecule has 1 heterocycles. The highest BCUT2D eigenvalue weighted by Gasteiger charge is 2.28. The van der Waals surface area contributed by atoms with Crippen LogP contribution in [0.15, 0.2) is 0 Å². The van der Waals surface area contributed by atoms with E-state index >= 15 is 0 Å². The van der Waals surface area contributed by atoms with Gasteiger partial charge in [0.15, 0.2) is 0 Å². The number of hydrogen-bond acceptors (Lipinski definition) is 3. The smallest absolute Gasteiger partial charge is 0.234 e. The van der Waals surface area contributed by atoms with Gasteiger partial charge < -0.3 is 10.4 Å². The van der Waals surface area contributed by atoms with Gasteiger partial charge in [0.2, 0.25) is 5.91 Å². The van der Waals surface area contributed by atoms with Gasteiger partial charge in [0.1, 0.15) is 0 Å². The SMILES string of the molecule is CCNC(=O)CN1CCCCC1C(O)CC. The molecule has 0 saturated carbocycles. The van der Waals surface area contributed by atoms with Crippen molar-refractivity contribution in [1.82, 2.24) is 10.2 Å². The van der Waals surface area contributed by atoms with Gasteiger partial charge in [-0.25, -0.2) is 0 Å². The van der Waals surface area contributed by atoms with Gasteiger partial charge >= 0.3 is 0 Å². The molecule has 1 amide bonds. The molecule has 2 N–H and O–H groups in total. The average molecular weight is 228 g/mol. The standard InChI is InChI=1S/C12H24N2O2/c1-3-11(15)10-7-5-6-8-14(10)9-12(16)13-4-2/h10-11,15H,3-9H2,1-2H3,(H,13,16). The molecule has 94 valence electrons. The summed E-state index contributed by atoms with van der Waals surface area (Å²) in [5.74, 6) is 0.0673. The summed E-state index contributed by atoms with van der Waals surface area (Å²) in [4.78, 5) is 13.7. The van der Waals surface area contributed by atoms with Crippen molar-refractivity contribution in [1.29, 1.82) is 0 Å². The quantitative estimate of drug-likeness (QED) is 0.730. The number of likely N-dealkylation sites (tertiary alicyclic amines) is 1.